The molecule has 0 aliphatic rings. The van der Waals surface area contributed by atoms with Gasteiger partial charge in [-0.3, -0.25) is 4.68 Å². The van der Waals surface area contributed by atoms with Crippen LogP contribution >= 0.6 is 0 Å². The number of rotatable bonds is 6. The van der Waals surface area contributed by atoms with Crippen molar-refractivity contribution >= 4 is 5.69 Å². The van der Waals surface area contributed by atoms with Gasteiger partial charge in [-0.15, -0.1) is 0 Å². The van der Waals surface area contributed by atoms with Gasteiger partial charge in [-0.25, -0.2) is 0 Å². The van der Waals surface area contributed by atoms with E-state index >= 15 is 0 Å². The molecule has 21 heavy (non-hydrogen) atoms. The lowest BCUT2D eigenvalue weighted by Crippen LogP contribution is -2.08. The van der Waals surface area contributed by atoms with E-state index in [0.29, 0.717) is 17.9 Å². The maximum absolute atomic E-state index is 8.92. The molecular weight excluding hydrogens is 264 g/mol. The molecule has 0 saturated carbocycles. The molecule has 5 nitrogen and oxygen atoms in total. The van der Waals surface area contributed by atoms with Gasteiger partial charge >= 0.3 is 0 Å². The van der Waals surface area contributed by atoms with Gasteiger partial charge in [0.2, 0.25) is 0 Å². The van der Waals surface area contributed by atoms with Crippen LogP contribution in [0, 0.1) is 11.3 Å². The fourth-order valence-electron chi connectivity index (χ4n) is 2.20. The predicted molar refractivity (Wildman–Crippen MR) is 82.3 cm³/mol. The molecule has 0 aliphatic heterocycles. The van der Waals surface area contributed by atoms with Gasteiger partial charge in [-0.1, -0.05) is 6.92 Å². The lowest BCUT2D eigenvalue weighted by Gasteiger charge is -2.12. The van der Waals surface area contributed by atoms with E-state index in [2.05, 4.69) is 36.4 Å². The molecule has 0 amide bonds. The highest BCUT2D eigenvalue weighted by molar-refractivity contribution is 5.59. The first-order valence-electron chi connectivity index (χ1n) is 7.09. The Morgan fingerprint density at radius 2 is 2.14 bits per heavy atom. The summed E-state index contributed by atoms with van der Waals surface area (Å²) in [7, 11) is 1.60. The normalized spacial score (nSPS) is 10.2. The molecule has 1 N–H and O–H groups in total. The third-order valence-corrected chi connectivity index (χ3v) is 3.37. The minimum Gasteiger partial charge on any atom is -0.495 e. The molecule has 0 fully saturated rings. The van der Waals surface area contributed by atoms with E-state index in [1.54, 1.807) is 19.2 Å². The van der Waals surface area contributed by atoms with Crippen molar-refractivity contribution in [3.05, 3.63) is 41.2 Å². The van der Waals surface area contributed by atoms with Crippen molar-refractivity contribution in [2.75, 3.05) is 12.4 Å². The molecule has 0 saturated heterocycles. The van der Waals surface area contributed by atoms with Crippen molar-refractivity contribution in [2.45, 2.75) is 33.4 Å². The molecule has 0 unspecified atom stereocenters. The molecule has 0 spiro atoms. The standard InChI is InChI=1S/C16H20N4O/c1-4-13-9-14(20(5-2)19-13)11-18-15-7-6-12(10-17)8-16(15)21-3/h6-9,18H,4-5,11H2,1-3H3. The lowest BCUT2D eigenvalue weighted by atomic mass is 10.2. The third kappa shape index (κ3) is 3.34. The summed E-state index contributed by atoms with van der Waals surface area (Å²) >= 11 is 0. The molecule has 0 bridgehead atoms. The van der Waals surface area contributed by atoms with Crippen molar-refractivity contribution in [1.82, 2.24) is 9.78 Å². The predicted octanol–water partition coefficient (Wildman–Crippen LogP) is 2.96. The second-order valence-corrected chi connectivity index (χ2v) is 4.68. The second kappa shape index (κ2) is 6.80. The summed E-state index contributed by atoms with van der Waals surface area (Å²) in [4.78, 5) is 0. The molecule has 1 aromatic heterocycles. The summed E-state index contributed by atoms with van der Waals surface area (Å²) in [6, 6.07) is 9.60. The summed E-state index contributed by atoms with van der Waals surface area (Å²) < 4.78 is 7.33. The van der Waals surface area contributed by atoms with Crippen LogP contribution in [-0.4, -0.2) is 16.9 Å². The number of nitrogens with one attached hydrogen (secondary N) is 1. The van der Waals surface area contributed by atoms with Crippen LogP contribution < -0.4 is 10.1 Å². The average Bonchev–Trinajstić information content (AvgIpc) is 2.95. The van der Waals surface area contributed by atoms with Crippen molar-refractivity contribution in [2.24, 2.45) is 0 Å². The Morgan fingerprint density at radius 1 is 1.33 bits per heavy atom. The number of aryl methyl sites for hydroxylation is 2. The van der Waals surface area contributed by atoms with Crippen LogP contribution in [-0.2, 0) is 19.5 Å². The average molecular weight is 284 g/mol. The van der Waals surface area contributed by atoms with E-state index in [1.165, 1.54) is 0 Å². The monoisotopic (exact) mass is 284 g/mol. The van der Waals surface area contributed by atoms with E-state index < -0.39 is 0 Å². The first kappa shape index (κ1) is 14.9. The minimum absolute atomic E-state index is 0.587. The highest BCUT2D eigenvalue weighted by atomic mass is 16.5. The second-order valence-electron chi connectivity index (χ2n) is 4.68. The molecule has 2 rings (SSSR count). The number of nitriles is 1. The van der Waals surface area contributed by atoms with Gasteiger partial charge in [0.25, 0.3) is 0 Å². The Kier molecular flexibility index (Phi) is 4.83. The van der Waals surface area contributed by atoms with Gasteiger partial charge in [-0.2, -0.15) is 10.4 Å². The van der Waals surface area contributed by atoms with Crippen molar-refractivity contribution in [3.63, 3.8) is 0 Å². The number of methoxy groups -OCH3 is 1. The number of benzene rings is 1. The number of anilines is 1. The topological polar surface area (TPSA) is 62.9 Å². The quantitative estimate of drug-likeness (QED) is 0.885. The highest BCUT2D eigenvalue weighted by Gasteiger charge is 2.08. The smallest absolute Gasteiger partial charge is 0.143 e. The number of hydrogen-bond donors (Lipinski definition) is 1. The van der Waals surface area contributed by atoms with Gasteiger partial charge in [0.1, 0.15) is 5.75 Å². The van der Waals surface area contributed by atoms with Crippen molar-refractivity contribution in [3.8, 4) is 11.8 Å². The maximum atomic E-state index is 8.92. The first-order chi connectivity index (χ1) is 10.2. The fourth-order valence-corrected chi connectivity index (χ4v) is 2.20. The SMILES string of the molecule is CCc1cc(CNc2ccc(C#N)cc2OC)n(CC)n1. The molecular formula is C16H20N4O. The van der Waals surface area contributed by atoms with Crippen LogP contribution in [0.4, 0.5) is 5.69 Å². The van der Waals surface area contributed by atoms with Crippen LogP contribution in [0.2, 0.25) is 0 Å². The maximum Gasteiger partial charge on any atom is 0.143 e. The summed E-state index contributed by atoms with van der Waals surface area (Å²) in [5.41, 5.74) is 3.70. The Bertz CT molecular complexity index is 655. The van der Waals surface area contributed by atoms with Gasteiger partial charge in [-0.05, 0) is 31.5 Å². The molecule has 0 atom stereocenters. The van der Waals surface area contributed by atoms with Crippen LogP contribution in [0.3, 0.4) is 0 Å². The van der Waals surface area contributed by atoms with Crippen LogP contribution in [0.25, 0.3) is 0 Å². The zero-order valence-corrected chi connectivity index (χ0v) is 12.7. The van der Waals surface area contributed by atoms with Crippen LogP contribution in [0.1, 0.15) is 30.8 Å². The van der Waals surface area contributed by atoms with E-state index in [4.69, 9.17) is 10.00 Å². The van der Waals surface area contributed by atoms with Crippen LogP contribution in [0.15, 0.2) is 24.3 Å². The summed E-state index contributed by atoms with van der Waals surface area (Å²) in [5, 5.41) is 16.8. The molecule has 2 aromatic rings. The third-order valence-electron chi connectivity index (χ3n) is 3.37. The van der Waals surface area contributed by atoms with Crippen molar-refractivity contribution < 1.29 is 4.74 Å². The number of nitrogens with zero attached hydrogens (tertiary/aromatic N) is 3. The zero-order chi connectivity index (χ0) is 15.2. The van der Waals surface area contributed by atoms with Gasteiger partial charge in [0.15, 0.2) is 0 Å². The van der Waals surface area contributed by atoms with Gasteiger partial charge in [0.05, 0.1) is 42.4 Å². The van der Waals surface area contributed by atoms with Crippen LogP contribution in [0.5, 0.6) is 5.75 Å². The lowest BCUT2D eigenvalue weighted by molar-refractivity contribution is 0.416. The number of hydrogen-bond acceptors (Lipinski definition) is 4. The molecule has 1 heterocycles. The summed E-state index contributed by atoms with van der Waals surface area (Å²) in [5.74, 6) is 0.673. The van der Waals surface area contributed by atoms with E-state index in [1.807, 2.05) is 10.7 Å². The Morgan fingerprint density at radius 3 is 2.76 bits per heavy atom. The Labute approximate surface area is 125 Å². The number of aromatic nitrogens is 2. The molecule has 5 heteroatoms. The van der Waals surface area contributed by atoms with Gasteiger partial charge in [0, 0.05) is 12.6 Å². The van der Waals surface area contributed by atoms with Gasteiger partial charge < -0.3 is 10.1 Å². The fraction of sp³-hybridized carbons (Fsp3) is 0.375. The first-order valence-corrected chi connectivity index (χ1v) is 7.09. The zero-order valence-electron chi connectivity index (χ0n) is 12.7. The van der Waals surface area contributed by atoms with E-state index in [0.717, 1.165) is 30.0 Å². The van der Waals surface area contributed by atoms with Crippen molar-refractivity contribution in [1.29, 1.82) is 5.26 Å². The van der Waals surface area contributed by atoms with E-state index in [-0.39, 0.29) is 0 Å². The van der Waals surface area contributed by atoms with E-state index in [9.17, 15) is 0 Å². The largest absolute Gasteiger partial charge is 0.495 e. The minimum atomic E-state index is 0.587. The summed E-state index contributed by atoms with van der Waals surface area (Å²) in [6.07, 6.45) is 0.931. The Balaban J connectivity index is 2.16. The molecule has 0 radical (unpaired) electrons. The molecule has 0 aliphatic carbocycles. The molecule has 110 valence electrons. The Hall–Kier alpha value is -2.48. The highest BCUT2D eigenvalue weighted by Crippen LogP contribution is 2.25. The number of ether oxygens (including phenoxy) is 1. The molecule has 1 aromatic carbocycles. The summed E-state index contributed by atoms with van der Waals surface area (Å²) in [6.45, 7) is 5.70.